The SMILES string of the molecule is O=C(C(c1ccccc1)c1ccccc1)N1CCC(Oc2ccc(CN3CCCCCCC3)cc2)CC1. The molecule has 2 heterocycles. The minimum atomic E-state index is -0.263. The van der Waals surface area contributed by atoms with Crippen LogP contribution in [0.1, 0.15) is 67.6 Å². The highest BCUT2D eigenvalue weighted by molar-refractivity contribution is 5.87. The third kappa shape index (κ3) is 7.01. The number of nitrogens with zero attached hydrogens (tertiary/aromatic N) is 2. The molecule has 0 atom stereocenters. The van der Waals surface area contributed by atoms with Crippen molar-refractivity contribution in [3.63, 3.8) is 0 Å². The molecule has 2 saturated heterocycles. The van der Waals surface area contributed by atoms with Gasteiger partial charge in [-0.1, -0.05) is 92.1 Å². The van der Waals surface area contributed by atoms with Gasteiger partial charge in [-0.2, -0.15) is 0 Å². The van der Waals surface area contributed by atoms with E-state index in [1.54, 1.807) is 0 Å². The van der Waals surface area contributed by atoms with Crippen molar-refractivity contribution in [2.24, 2.45) is 0 Å². The molecule has 0 radical (unpaired) electrons. The number of carbonyl (C=O) groups excluding carboxylic acids is 1. The summed E-state index contributed by atoms with van der Waals surface area (Å²) in [5, 5.41) is 0. The van der Waals surface area contributed by atoms with Crippen molar-refractivity contribution < 1.29 is 9.53 Å². The average Bonchev–Trinajstić information content (AvgIpc) is 2.93. The minimum absolute atomic E-state index is 0.149. The summed E-state index contributed by atoms with van der Waals surface area (Å²) in [6.45, 7) is 4.92. The fourth-order valence-corrected chi connectivity index (χ4v) is 5.74. The number of hydrogen-bond acceptors (Lipinski definition) is 3. The average molecular weight is 497 g/mol. The van der Waals surface area contributed by atoms with Gasteiger partial charge in [0, 0.05) is 32.5 Å². The molecule has 5 rings (SSSR count). The van der Waals surface area contributed by atoms with Crippen LogP contribution in [0.15, 0.2) is 84.9 Å². The third-order valence-electron chi connectivity index (χ3n) is 7.85. The van der Waals surface area contributed by atoms with E-state index >= 15 is 0 Å². The van der Waals surface area contributed by atoms with Gasteiger partial charge >= 0.3 is 0 Å². The number of benzene rings is 3. The predicted octanol–water partition coefficient (Wildman–Crippen LogP) is 6.65. The highest BCUT2D eigenvalue weighted by atomic mass is 16.5. The molecule has 4 nitrogen and oxygen atoms in total. The van der Waals surface area contributed by atoms with Crippen molar-refractivity contribution in [2.45, 2.75) is 63.5 Å². The van der Waals surface area contributed by atoms with Gasteiger partial charge < -0.3 is 9.64 Å². The summed E-state index contributed by atoms with van der Waals surface area (Å²) in [6, 6.07) is 29.0. The molecule has 194 valence electrons. The molecule has 0 aliphatic carbocycles. The van der Waals surface area contributed by atoms with Crippen molar-refractivity contribution in [1.29, 1.82) is 0 Å². The topological polar surface area (TPSA) is 32.8 Å². The lowest BCUT2D eigenvalue weighted by Crippen LogP contribution is -2.44. The Morgan fingerprint density at radius 3 is 1.81 bits per heavy atom. The molecular weight excluding hydrogens is 456 g/mol. The van der Waals surface area contributed by atoms with E-state index in [4.69, 9.17) is 4.74 Å². The molecule has 4 heteroatoms. The lowest BCUT2D eigenvalue weighted by molar-refractivity contribution is -0.133. The molecule has 0 unspecified atom stereocenters. The standard InChI is InChI=1S/C33H40N2O2/c36-33(32(28-12-6-4-7-13-28)29-14-8-5-9-15-29)35-24-20-31(21-25-35)37-30-18-16-27(17-19-30)26-34-22-10-2-1-3-11-23-34/h4-9,12-19,31-32H,1-3,10-11,20-26H2. The first-order valence-corrected chi connectivity index (χ1v) is 14.1. The summed E-state index contributed by atoms with van der Waals surface area (Å²) < 4.78 is 6.34. The fourth-order valence-electron chi connectivity index (χ4n) is 5.74. The van der Waals surface area contributed by atoms with Gasteiger partial charge in [0.15, 0.2) is 0 Å². The van der Waals surface area contributed by atoms with Gasteiger partial charge in [-0.3, -0.25) is 9.69 Å². The second-order valence-corrected chi connectivity index (χ2v) is 10.6. The van der Waals surface area contributed by atoms with Gasteiger partial charge in [0.25, 0.3) is 0 Å². The Bertz CT molecular complexity index is 1040. The zero-order chi connectivity index (χ0) is 25.3. The number of hydrogen-bond donors (Lipinski definition) is 0. The molecule has 2 aliphatic rings. The van der Waals surface area contributed by atoms with E-state index in [-0.39, 0.29) is 17.9 Å². The highest BCUT2D eigenvalue weighted by Crippen LogP contribution is 2.29. The quantitative estimate of drug-likeness (QED) is 0.367. The maximum absolute atomic E-state index is 13.7. The number of likely N-dealkylation sites (tertiary alicyclic amines) is 2. The number of piperidine rings is 1. The lowest BCUT2D eigenvalue weighted by atomic mass is 9.89. The Balaban J connectivity index is 1.15. The summed E-state index contributed by atoms with van der Waals surface area (Å²) in [6.07, 6.45) is 8.64. The van der Waals surface area contributed by atoms with Gasteiger partial charge in [0.2, 0.25) is 5.91 Å². The summed E-state index contributed by atoms with van der Waals surface area (Å²) in [5.74, 6) is 0.859. The van der Waals surface area contributed by atoms with Gasteiger partial charge in [0.05, 0.1) is 5.92 Å². The Morgan fingerprint density at radius 2 is 1.24 bits per heavy atom. The summed E-state index contributed by atoms with van der Waals surface area (Å²) in [7, 11) is 0. The Morgan fingerprint density at radius 1 is 0.703 bits per heavy atom. The number of ether oxygens (including phenoxy) is 1. The maximum Gasteiger partial charge on any atom is 0.234 e. The molecule has 2 fully saturated rings. The van der Waals surface area contributed by atoms with Gasteiger partial charge in [-0.15, -0.1) is 0 Å². The summed E-state index contributed by atoms with van der Waals surface area (Å²) in [4.78, 5) is 18.3. The van der Waals surface area contributed by atoms with Crippen LogP contribution in [0.2, 0.25) is 0 Å². The lowest BCUT2D eigenvalue weighted by Gasteiger charge is -2.34. The maximum atomic E-state index is 13.7. The summed E-state index contributed by atoms with van der Waals surface area (Å²) >= 11 is 0. The van der Waals surface area contributed by atoms with Crippen LogP contribution in [0, 0.1) is 0 Å². The van der Waals surface area contributed by atoms with Crippen LogP contribution in [0.25, 0.3) is 0 Å². The second-order valence-electron chi connectivity index (χ2n) is 10.6. The summed E-state index contributed by atoms with van der Waals surface area (Å²) in [5.41, 5.74) is 3.46. The number of amides is 1. The molecule has 2 aliphatic heterocycles. The smallest absolute Gasteiger partial charge is 0.234 e. The predicted molar refractivity (Wildman–Crippen MR) is 150 cm³/mol. The van der Waals surface area contributed by atoms with Crippen molar-refractivity contribution in [2.75, 3.05) is 26.2 Å². The Kier molecular flexibility index (Phi) is 8.91. The third-order valence-corrected chi connectivity index (χ3v) is 7.85. The van der Waals surface area contributed by atoms with Gasteiger partial charge in [-0.25, -0.2) is 0 Å². The zero-order valence-electron chi connectivity index (χ0n) is 21.9. The second kappa shape index (κ2) is 12.9. The van der Waals surface area contributed by atoms with E-state index in [9.17, 15) is 4.79 Å². The van der Waals surface area contributed by atoms with Crippen LogP contribution in [0.3, 0.4) is 0 Å². The van der Waals surface area contributed by atoms with E-state index in [0.717, 1.165) is 49.4 Å². The van der Waals surface area contributed by atoms with E-state index in [0.29, 0.717) is 0 Å². The molecule has 1 amide bonds. The monoisotopic (exact) mass is 496 g/mol. The molecule has 0 saturated carbocycles. The van der Waals surface area contributed by atoms with Crippen molar-refractivity contribution in [3.8, 4) is 5.75 Å². The minimum Gasteiger partial charge on any atom is -0.490 e. The van der Waals surface area contributed by atoms with Gasteiger partial charge in [0.1, 0.15) is 11.9 Å². The number of rotatable bonds is 7. The first kappa shape index (κ1) is 25.5. The Labute approximate surface area is 222 Å². The van der Waals surface area contributed by atoms with Crippen LogP contribution >= 0.6 is 0 Å². The molecule has 0 aromatic heterocycles. The van der Waals surface area contributed by atoms with Crippen LogP contribution in [0.5, 0.6) is 5.75 Å². The van der Waals surface area contributed by atoms with Crippen LogP contribution in [-0.4, -0.2) is 48.0 Å². The van der Waals surface area contributed by atoms with E-state index < -0.39 is 0 Å². The fraction of sp³-hybridized carbons (Fsp3) is 0.424. The molecule has 37 heavy (non-hydrogen) atoms. The van der Waals surface area contributed by atoms with Crippen LogP contribution in [-0.2, 0) is 11.3 Å². The molecular formula is C33H40N2O2. The van der Waals surface area contributed by atoms with Crippen molar-refractivity contribution in [1.82, 2.24) is 9.80 Å². The number of carbonyl (C=O) groups is 1. The first-order chi connectivity index (χ1) is 18.3. The first-order valence-electron chi connectivity index (χ1n) is 14.1. The zero-order valence-corrected chi connectivity index (χ0v) is 21.9. The Hall–Kier alpha value is -3.11. The molecule has 0 N–H and O–H groups in total. The molecule has 0 bridgehead atoms. The van der Waals surface area contributed by atoms with Crippen molar-refractivity contribution in [3.05, 3.63) is 102 Å². The van der Waals surface area contributed by atoms with E-state index in [1.807, 2.05) is 41.3 Å². The largest absolute Gasteiger partial charge is 0.490 e. The van der Waals surface area contributed by atoms with Crippen LogP contribution < -0.4 is 4.74 Å². The molecule has 0 spiro atoms. The van der Waals surface area contributed by atoms with Crippen LogP contribution in [0.4, 0.5) is 0 Å². The molecule has 3 aromatic rings. The van der Waals surface area contributed by atoms with E-state index in [1.165, 1.54) is 50.8 Å². The van der Waals surface area contributed by atoms with E-state index in [2.05, 4.69) is 53.4 Å². The van der Waals surface area contributed by atoms with Gasteiger partial charge in [-0.05, 0) is 54.8 Å². The normalized spacial score (nSPS) is 17.8. The molecule has 3 aromatic carbocycles. The highest BCUT2D eigenvalue weighted by Gasteiger charge is 2.31. The van der Waals surface area contributed by atoms with Crippen molar-refractivity contribution >= 4 is 5.91 Å².